The zero-order valence-electron chi connectivity index (χ0n) is 8.97. The molecule has 0 amide bonds. The standard InChI is InChI=1S/C12H21N/c1-11(2)12(9-6-10-13)7-4-3-5-8-12/h11H,3-9H2,1-2H3. The Morgan fingerprint density at radius 3 is 2.31 bits per heavy atom. The molecule has 1 heteroatoms. The Kier molecular flexibility index (Phi) is 3.78. The van der Waals surface area contributed by atoms with E-state index in [1.807, 2.05) is 0 Å². The molecule has 0 radical (unpaired) electrons. The first-order valence-corrected chi connectivity index (χ1v) is 5.58. The van der Waals surface area contributed by atoms with Crippen molar-refractivity contribution in [3.8, 4) is 6.07 Å². The van der Waals surface area contributed by atoms with E-state index in [2.05, 4.69) is 19.9 Å². The van der Waals surface area contributed by atoms with Crippen LogP contribution in [0.4, 0.5) is 0 Å². The first-order valence-electron chi connectivity index (χ1n) is 5.58. The first-order chi connectivity index (χ1) is 6.21. The van der Waals surface area contributed by atoms with Gasteiger partial charge in [-0.05, 0) is 30.6 Å². The van der Waals surface area contributed by atoms with E-state index in [0.717, 1.165) is 18.8 Å². The second kappa shape index (κ2) is 4.65. The van der Waals surface area contributed by atoms with Gasteiger partial charge < -0.3 is 0 Å². The summed E-state index contributed by atoms with van der Waals surface area (Å²) in [5.74, 6) is 0.751. The summed E-state index contributed by atoms with van der Waals surface area (Å²) in [5, 5.41) is 8.64. The van der Waals surface area contributed by atoms with Crippen LogP contribution in [0.25, 0.3) is 0 Å². The van der Waals surface area contributed by atoms with Crippen molar-refractivity contribution < 1.29 is 0 Å². The van der Waals surface area contributed by atoms with Crippen LogP contribution in [-0.2, 0) is 0 Å². The van der Waals surface area contributed by atoms with Gasteiger partial charge in [0.1, 0.15) is 0 Å². The van der Waals surface area contributed by atoms with Crippen LogP contribution in [0, 0.1) is 22.7 Å². The Balaban J connectivity index is 2.57. The lowest BCUT2D eigenvalue weighted by Crippen LogP contribution is -2.29. The summed E-state index contributed by atoms with van der Waals surface area (Å²) in [7, 11) is 0. The average Bonchev–Trinajstić information content (AvgIpc) is 2.16. The number of nitriles is 1. The number of nitrogens with zero attached hydrogens (tertiary/aromatic N) is 1. The van der Waals surface area contributed by atoms with Crippen LogP contribution in [0.1, 0.15) is 58.8 Å². The van der Waals surface area contributed by atoms with E-state index < -0.39 is 0 Å². The van der Waals surface area contributed by atoms with E-state index >= 15 is 0 Å². The maximum Gasteiger partial charge on any atom is 0.0621 e. The van der Waals surface area contributed by atoms with Crippen LogP contribution in [-0.4, -0.2) is 0 Å². The largest absolute Gasteiger partial charge is 0.198 e. The van der Waals surface area contributed by atoms with Crippen LogP contribution >= 0.6 is 0 Å². The maximum atomic E-state index is 8.64. The quantitative estimate of drug-likeness (QED) is 0.644. The van der Waals surface area contributed by atoms with Crippen LogP contribution in [0.3, 0.4) is 0 Å². The van der Waals surface area contributed by atoms with Gasteiger partial charge in [0, 0.05) is 6.42 Å². The highest BCUT2D eigenvalue weighted by atomic mass is 14.4. The van der Waals surface area contributed by atoms with Gasteiger partial charge in [0.25, 0.3) is 0 Å². The molecule has 1 aliphatic carbocycles. The lowest BCUT2D eigenvalue weighted by Gasteiger charge is -2.40. The van der Waals surface area contributed by atoms with Crippen molar-refractivity contribution in [3.05, 3.63) is 0 Å². The molecule has 1 rings (SSSR count). The van der Waals surface area contributed by atoms with Gasteiger partial charge in [-0.2, -0.15) is 5.26 Å². The van der Waals surface area contributed by atoms with E-state index in [9.17, 15) is 0 Å². The van der Waals surface area contributed by atoms with Gasteiger partial charge in [-0.1, -0.05) is 33.1 Å². The molecular weight excluding hydrogens is 158 g/mol. The second-order valence-corrected chi connectivity index (χ2v) is 4.74. The van der Waals surface area contributed by atoms with Crippen molar-refractivity contribution in [2.24, 2.45) is 11.3 Å². The molecule has 1 saturated carbocycles. The Morgan fingerprint density at radius 2 is 1.85 bits per heavy atom. The fraction of sp³-hybridized carbons (Fsp3) is 0.917. The summed E-state index contributed by atoms with van der Waals surface area (Å²) in [4.78, 5) is 0. The van der Waals surface area contributed by atoms with Crippen LogP contribution in [0.2, 0.25) is 0 Å². The van der Waals surface area contributed by atoms with Crippen molar-refractivity contribution in [2.75, 3.05) is 0 Å². The zero-order valence-corrected chi connectivity index (χ0v) is 8.97. The molecule has 1 nitrogen and oxygen atoms in total. The van der Waals surface area contributed by atoms with Gasteiger partial charge in [0.15, 0.2) is 0 Å². The van der Waals surface area contributed by atoms with Crippen LogP contribution in [0.15, 0.2) is 0 Å². The third-order valence-electron chi connectivity index (χ3n) is 3.81. The first kappa shape index (κ1) is 10.6. The smallest absolute Gasteiger partial charge is 0.0621 e. The van der Waals surface area contributed by atoms with Gasteiger partial charge in [0.05, 0.1) is 6.07 Å². The summed E-state index contributed by atoms with van der Waals surface area (Å²) in [6.45, 7) is 4.64. The van der Waals surface area contributed by atoms with Gasteiger partial charge in [-0.3, -0.25) is 0 Å². The molecule has 0 unspecified atom stereocenters. The third-order valence-corrected chi connectivity index (χ3v) is 3.81. The molecule has 74 valence electrons. The van der Waals surface area contributed by atoms with E-state index in [4.69, 9.17) is 5.26 Å². The molecule has 0 bridgehead atoms. The molecule has 0 aliphatic heterocycles. The van der Waals surface area contributed by atoms with E-state index in [-0.39, 0.29) is 0 Å². The van der Waals surface area contributed by atoms with Crippen LogP contribution in [0.5, 0.6) is 0 Å². The summed E-state index contributed by atoms with van der Waals surface area (Å²) < 4.78 is 0. The van der Waals surface area contributed by atoms with Crippen molar-refractivity contribution in [3.63, 3.8) is 0 Å². The number of rotatable bonds is 3. The zero-order chi connectivity index (χ0) is 9.73. The topological polar surface area (TPSA) is 23.8 Å². The fourth-order valence-corrected chi connectivity index (χ4v) is 2.68. The van der Waals surface area contributed by atoms with Gasteiger partial charge in [-0.15, -0.1) is 0 Å². The lowest BCUT2D eigenvalue weighted by atomic mass is 9.65. The molecule has 0 N–H and O–H groups in total. The minimum absolute atomic E-state index is 0.508. The predicted molar refractivity (Wildman–Crippen MR) is 55.2 cm³/mol. The molecule has 13 heavy (non-hydrogen) atoms. The summed E-state index contributed by atoms with van der Waals surface area (Å²) in [5.41, 5.74) is 0.508. The summed E-state index contributed by atoms with van der Waals surface area (Å²) >= 11 is 0. The Labute approximate surface area is 82.1 Å². The van der Waals surface area contributed by atoms with Crippen molar-refractivity contribution in [2.45, 2.75) is 58.8 Å². The van der Waals surface area contributed by atoms with E-state index in [1.165, 1.54) is 32.1 Å². The lowest BCUT2D eigenvalue weighted by molar-refractivity contribution is 0.107. The molecule has 0 saturated heterocycles. The third kappa shape index (κ3) is 2.46. The highest BCUT2D eigenvalue weighted by molar-refractivity contribution is 4.88. The highest BCUT2D eigenvalue weighted by Crippen LogP contribution is 2.45. The molecule has 1 aliphatic rings. The molecule has 0 heterocycles. The van der Waals surface area contributed by atoms with E-state index in [0.29, 0.717) is 5.41 Å². The molecule has 0 atom stereocenters. The Hall–Kier alpha value is -0.510. The molecule has 0 aromatic heterocycles. The molecule has 1 fully saturated rings. The van der Waals surface area contributed by atoms with Gasteiger partial charge in [0.2, 0.25) is 0 Å². The monoisotopic (exact) mass is 179 g/mol. The normalized spacial score (nSPS) is 21.4. The van der Waals surface area contributed by atoms with Crippen molar-refractivity contribution in [1.82, 2.24) is 0 Å². The second-order valence-electron chi connectivity index (χ2n) is 4.74. The summed E-state index contributed by atoms with van der Waals surface area (Å²) in [6.07, 6.45) is 8.74. The highest BCUT2D eigenvalue weighted by Gasteiger charge is 2.34. The Morgan fingerprint density at radius 1 is 1.23 bits per heavy atom. The van der Waals surface area contributed by atoms with Crippen LogP contribution < -0.4 is 0 Å². The Bertz CT molecular complexity index is 182. The molecule has 0 spiro atoms. The molecular formula is C12H21N. The minimum Gasteiger partial charge on any atom is -0.198 e. The van der Waals surface area contributed by atoms with E-state index in [1.54, 1.807) is 0 Å². The van der Waals surface area contributed by atoms with Gasteiger partial charge >= 0.3 is 0 Å². The summed E-state index contributed by atoms with van der Waals surface area (Å²) in [6, 6.07) is 2.29. The molecule has 0 aromatic carbocycles. The predicted octanol–water partition coefficient (Wildman–Crippen LogP) is 3.90. The average molecular weight is 179 g/mol. The SMILES string of the molecule is CC(C)C1(CCC#N)CCCCC1. The molecule has 0 aromatic rings. The maximum absolute atomic E-state index is 8.64. The minimum atomic E-state index is 0.508. The van der Waals surface area contributed by atoms with Crippen molar-refractivity contribution in [1.29, 1.82) is 5.26 Å². The van der Waals surface area contributed by atoms with Gasteiger partial charge in [-0.25, -0.2) is 0 Å². The fourth-order valence-electron chi connectivity index (χ4n) is 2.68. The number of hydrogen-bond acceptors (Lipinski definition) is 1. The van der Waals surface area contributed by atoms with Crippen molar-refractivity contribution >= 4 is 0 Å². The number of hydrogen-bond donors (Lipinski definition) is 0.